The number of ether oxygens (including phenoxy) is 1. The molecule has 0 aliphatic carbocycles. The third-order valence-corrected chi connectivity index (χ3v) is 4.42. The molecule has 23 heavy (non-hydrogen) atoms. The number of aromatic nitrogens is 3. The number of para-hydroxylation sites is 2. The summed E-state index contributed by atoms with van der Waals surface area (Å²) in [6, 6.07) is 11.2. The quantitative estimate of drug-likeness (QED) is 0.807. The molecule has 0 amide bonds. The fraction of sp³-hybridized carbons (Fsp3) is 0.333. The number of imidazole rings is 1. The van der Waals surface area contributed by atoms with Gasteiger partial charge in [0.2, 0.25) is 0 Å². The Morgan fingerprint density at radius 3 is 2.78 bits per heavy atom. The van der Waals surface area contributed by atoms with E-state index in [9.17, 15) is 5.11 Å². The van der Waals surface area contributed by atoms with E-state index in [0.717, 1.165) is 55.2 Å². The molecule has 3 aromatic rings. The van der Waals surface area contributed by atoms with Crippen LogP contribution in [0.2, 0.25) is 0 Å². The number of phenols is 1. The summed E-state index contributed by atoms with van der Waals surface area (Å²) in [7, 11) is 0. The molecular weight excluding hydrogens is 290 g/mol. The Morgan fingerprint density at radius 2 is 1.96 bits per heavy atom. The van der Waals surface area contributed by atoms with Crippen molar-refractivity contribution in [2.24, 2.45) is 5.92 Å². The van der Waals surface area contributed by atoms with Gasteiger partial charge >= 0.3 is 0 Å². The zero-order valence-corrected chi connectivity index (χ0v) is 12.9. The van der Waals surface area contributed by atoms with Crippen molar-refractivity contribution in [2.45, 2.75) is 19.3 Å². The maximum atomic E-state index is 10.3. The number of benzene rings is 1. The summed E-state index contributed by atoms with van der Waals surface area (Å²) in [5.41, 5.74) is 2.38. The number of hydrogen-bond donors (Lipinski definition) is 1. The van der Waals surface area contributed by atoms with Gasteiger partial charge in [-0.05, 0) is 43.0 Å². The Morgan fingerprint density at radius 1 is 1.13 bits per heavy atom. The van der Waals surface area contributed by atoms with Gasteiger partial charge in [-0.3, -0.25) is 4.57 Å². The second-order valence-electron chi connectivity index (χ2n) is 5.96. The molecule has 0 spiro atoms. The predicted octanol–water partition coefficient (Wildman–Crippen LogP) is 3.10. The SMILES string of the molecule is Oc1ccccc1-n1c(CC2CCOCC2)nc2cccnc21. The van der Waals surface area contributed by atoms with E-state index in [1.54, 1.807) is 12.3 Å². The van der Waals surface area contributed by atoms with Crippen molar-refractivity contribution >= 4 is 11.2 Å². The number of phenolic OH excluding ortho intramolecular Hbond substituents is 1. The number of aromatic hydroxyl groups is 1. The molecule has 1 saturated heterocycles. The van der Waals surface area contributed by atoms with Crippen LogP contribution in [0.25, 0.3) is 16.9 Å². The molecule has 2 aromatic heterocycles. The number of hydrogen-bond acceptors (Lipinski definition) is 4. The van der Waals surface area contributed by atoms with Crippen molar-refractivity contribution in [3.63, 3.8) is 0 Å². The molecule has 1 aromatic carbocycles. The van der Waals surface area contributed by atoms with Gasteiger partial charge in [0.15, 0.2) is 5.65 Å². The maximum Gasteiger partial charge on any atom is 0.164 e. The van der Waals surface area contributed by atoms with Crippen LogP contribution in [-0.4, -0.2) is 32.9 Å². The zero-order valence-electron chi connectivity index (χ0n) is 12.9. The monoisotopic (exact) mass is 309 g/mol. The largest absolute Gasteiger partial charge is 0.506 e. The normalized spacial score (nSPS) is 16.0. The highest BCUT2D eigenvalue weighted by atomic mass is 16.5. The molecular formula is C18H19N3O2. The molecule has 118 valence electrons. The molecule has 1 N–H and O–H groups in total. The summed E-state index contributed by atoms with van der Waals surface area (Å²) in [6.45, 7) is 1.64. The molecule has 5 nitrogen and oxygen atoms in total. The molecule has 0 saturated carbocycles. The van der Waals surface area contributed by atoms with Crippen molar-refractivity contribution in [1.82, 2.24) is 14.5 Å². The highest BCUT2D eigenvalue weighted by molar-refractivity contribution is 5.74. The van der Waals surface area contributed by atoms with Crippen LogP contribution in [0, 0.1) is 5.92 Å². The zero-order chi connectivity index (χ0) is 15.6. The van der Waals surface area contributed by atoms with Crippen LogP contribution in [-0.2, 0) is 11.2 Å². The lowest BCUT2D eigenvalue weighted by atomic mass is 9.96. The van der Waals surface area contributed by atoms with Gasteiger partial charge < -0.3 is 9.84 Å². The van der Waals surface area contributed by atoms with E-state index < -0.39 is 0 Å². The van der Waals surface area contributed by atoms with E-state index in [4.69, 9.17) is 9.72 Å². The molecule has 1 aliphatic heterocycles. The molecule has 0 radical (unpaired) electrons. The first-order valence-electron chi connectivity index (χ1n) is 8.01. The van der Waals surface area contributed by atoms with Crippen LogP contribution in [0.15, 0.2) is 42.6 Å². The average Bonchev–Trinajstić information content (AvgIpc) is 2.94. The minimum atomic E-state index is 0.241. The molecule has 1 fully saturated rings. The van der Waals surface area contributed by atoms with Gasteiger partial charge in [0.1, 0.15) is 17.1 Å². The Bertz CT molecular complexity index is 822. The third-order valence-electron chi connectivity index (χ3n) is 4.42. The van der Waals surface area contributed by atoms with E-state index in [2.05, 4.69) is 4.98 Å². The second-order valence-corrected chi connectivity index (χ2v) is 5.96. The number of fused-ring (bicyclic) bond motifs is 1. The fourth-order valence-corrected chi connectivity index (χ4v) is 3.21. The van der Waals surface area contributed by atoms with Gasteiger partial charge in [-0.15, -0.1) is 0 Å². The van der Waals surface area contributed by atoms with Gasteiger partial charge in [0, 0.05) is 25.8 Å². The topological polar surface area (TPSA) is 60.2 Å². The first-order chi connectivity index (χ1) is 11.3. The molecule has 4 rings (SSSR count). The molecule has 5 heteroatoms. The van der Waals surface area contributed by atoms with Crippen LogP contribution < -0.4 is 0 Å². The van der Waals surface area contributed by atoms with Crippen LogP contribution in [0.3, 0.4) is 0 Å². The van der Waals surface area contributed by atoms with Crippen LogP contribution in [0.4, 0.5) is 0 Å². The lowest BCUT2D eigenvalue weighted by molar-refractivity contribution is 0.0659. The van der Waals surface area contributed by atoms with Gasteiger partial charge in [-0.2, -0.15) is 0 Å². The minimum Gasteiger partial charge on any atom is -0.506 e. The number of nitrogens with zero attached hydrogens (tertiary/aromatic N) is 3. The van der Waals surface area contributed by atoms with Crippen LogP contribution in [0.5, 0.6) is 5.75 Å². The van der Waals surface area contributed by atoms with Crippen molar-refractivity contribution in [3.8, 4) is 11.4 Å². The summed E-state index contributed by atoms with van der Waals surface area (Å²) >= 11 is 0. The third kappa shape index (κ3) is 2.68. The molecule has 3 heterocycles. The Labute approximate surface area is 134 Å². The van der Waals surface area contributed by atoms with Crippen molar-refractivity contribution in [3.05, 3.63) is 48.4 Å². The number of pyridine rings is 1. The summed E-state index contributed by atoms with van der Waals surface area (Å²) < 4.78 is 7.44. The number of rotatable bonds is 3. The smallest absolute Gasteiger partial charge is 0.164 e. The Balaban J connectivity index is 1.83. The van der Waals surface area contributed by atoms with E-state index >= 15 is 0 Å². The van der Waals surface area contributed by atoms with Crippen LogP contribution in [0.1, 0.15) is 18.7 Å². The highest BCUT2D eigenvalue weighted by Crippen LogP contribution is 2.29. The van der Waals surface area contributed by atoms with E-state index in [0.29, 0.717) is 5.92 Å². The lowest BCUT2D eigenvalue weighted by Crippen LogP contribution is -2.19. The van der Waals surface area contributed by atoms with Gasteiger partial charge in [0.05, 0.1) is 5.69 Å². The lowest BCUT2D eigenvalue weighted by Gasteiger charge is -2.22. The average molecular weight is 309 g/mol. The van der Waals surface area contributed by atoms with Gasteiger partial charge in [-0.25, -0.2) is 9.97 Å². The Hall–Kier alpha value is -2.40. The predicted molar refractivity (Wildman–Crippen MR) is 87.8 cm³/mol. The molecule has 0 bridgehead atoms. The fourth-order valence-electron chi connectivity index (χ4n) is 3.21. The van der Waals surface area contributed by atoms with Crippen LogP contribution >= 0.6 is 0 Å². The Kier molecular flexibility index (Phi) is 3.71. The van der Waals surface area contributed by atoms with Crippen molar-refractivity contribution in [2.75, 3.05) is 13.2 Å². The summed E-state index contributed by atoms with van der Waals surface area (Å²) in [5, 5.41) is 10.3. The van der Waals surface area contributed by atoms with Crippen molar-refractivity contribution in [1.29, 1.82) is 0 Å². The first-order valence-corrected chi connectivity index (χ1v) is 8.01. The van der Waals surface area contributed by atoms with Gasteiger partial charge in [0.25, 0.3) is 0 Å². The summed E-state index contributed by atoms with van der Waals surface area (Å²) in [5.74, 6) is 1.75. The molecule has 0 atom stereocenters. The van der Waals surface area contributed by atoms with Gasteiger partial charge in [-0.1, -0.05) is 12.1 Å². The summed E-state index contributed by atoms with van der Waals surface area (Å²) in [6.07, 6.45) is 4.74. The summed E-state index contributed by atoms with van der Waals surface area (Å²) in [4.78, 5) is 9.25. The van der Waals surface area contributed by atoms with E-state index in [-0.39, 0.29) is 5.75 Å². The molecule has 0 unspecified atom stereocenters. The van der Waals surface area contributed by atoms with E-state index in [1.165, 1.54) is 0 Å². The van der Waals surface area contributed by atoms with E-state index in [1.807, 2.05) is 34.9 Å². The molecule has 1 aliphatic rings. The minimum absolute atomic E-state index is 0.241. The highest BCUT2D eigenvalue weighted by Gasteiger charge is 2.21. The standard InChI is InChI=1S/C18H19N3O2/c22-16-6-2-1-5-15(16)21-17(12-13-7-10-23-11-8-13)20-14-4-3-9-19-18(14)21/h1-6,9,13,22H,7-8,10-12H2. The van der Waals surface area contributed by atoms with Crippen molar-refractivity contribution < 1.29 is 9.84 Å². The maximum absolute atomic E-state index is 10.3. The first kappa shape index (κ1) is 14.2. The second kappa shape index (κ2) is 6.01.